The third kappa shape index (κ3) is 2.91. The Morgan fingerprint density at radius 3 is 2.10 bits per heavy atom. The van der Waals surface area contributed by atoms with Gasteiger partial charge in [-0.3, -0.25) is 10.3 Å². The zero-order chi connectivity index (χ0) is 14.7. The summed E-state index contributed by atoms with van der Waals surface area (Å²) in [5.74, 6) is 0.788. The summed E-state index contributed by atoms with van der Waals surface area (Å²) in [6.45, 7) is 5.27. The zero-order valence-corrected chi connectivity index (χ0v) is 12.7. The molecular weight excluding hydrogens is 256 g/mol. The predicted octanol–water partition coefficient (Wildman–Crippen LogP) is 3.96. The van der Waals surface area contributed by atoms with Crippen molar-refractivity contribution in [3.63, 3.8) is 0 Å². The molecule has 2 heteroatoms. The second-order valence-corrected chi connectivity index (χ2v) is 5.75. The molecule has 0 spiro atoms. The summed E-state index contributed by atoms with van der Waals surface area (Å²) < 4.78 is 0. The van der Waals surface area contributed by atoms with Gasteiger partial charge >= 0.3 is 0 Å². The van der Waals surface area contributed by atoms with Crippen LogP contribution in [0.2, 0.25) is 0 Å². The van der Waals surface area contributed by atoms with E-state index in [2.05, 4.69) is 79.8 Å². The van der Waals surface area contributed by atoms with Crippen LogP contribution >= 0.6 is 0 Å². The van der Waals surface area contributed by atoms with E-state index in [1.807, 2.05) is 0 Å². The van der Waals surface area contributed by atoms with E-state index in [9.17, 15) is 0 Å². The minimum absolute atomic E-state index is 0.322. The molecule has 2 aromatic rings. The minimum Gasteiger partial charge on any atom is -0.290 e. The number of hydrogen-bond acceptors (Lipinski definition) is 2. The van der Waals surface area contributed by atoms with Gasteiger partial charge in [-0.1, -0.05) is 74.5 Å². The lowest BCUT2D eigenvalue weighted by molar-refractivity contribution is 0.582. The Labute approximate surface area is 126 Å². The molecule has 0 aromatic heterocycles. The van der Waals surface area contributed by atoms with Gasteiger partial charge in [0.15, 0.2) is 0 Å². The fourth-order valence-electron chi connectivity index (χ4n) is 3.14. The number of hydrogen-bond donors (Lipinski definition) is 1. The van der Waals surface area contributed by atoms with Crippen LogP contribution in [0.3, 0.4) is 0 Å². The number of nitrogens with one attached hydrogen (secondary N) is 1. The van der Waals surface area contributed by atoms with Crippen molar-refractivity contribution in [2.45, 2.75) is 31.7 Å². The average molecular weight is 278 g/mol. The molecule has 1 aliphatic heterocycles. The van der Waals surface area contributed by atoms with Crippen molar-refractivity contribution in [1.29, 1.82) is 0 Å². The summed E-state index contributed by atoms with van der Waals surface area (Å²) in [5.41, 5.74) is 3.98. The molecule has 0 radical (unpaired) electrons. The molecule has 21 heavy (non-hydrogen) atoms. The van der Waals surface area contributed by atoms with Gasteiger partial charge in [0, 0.05) is 17.5 Å². The molecule has 2 aromatic carbocycles. The van der Waals surface area contributed by atoms with E-state index >= 15 is 0 Å². The Balaban J connectivity index is 1.83. The molecule has 0 amide bonds. The van der Waals surface area contributed by atoms with Crippen molar-refractivity contribution in [3.8, 4) is 0 Å². The molecular formula is C19H22N2. The van der Waals surface area contributed by atoms with E-state index in [1.165, 1.54) is 16.8 Å². The molecule has 3 atom stereocenters. The highest BCUT2D eigenvalue weighted by molar-refractivity contribution is 5.97. The molecule has 0 saturated carbocycles. The summed E-state index contributed by atoms with van der Waals surface area (Å²) in [4.78, 5) is 4.75. The number of aliphatic imine (C=N–C) groups is 1. The number of benzene rings is 2. The van der Waals surface area contributed by atoms with Crippen LogP contribution in [-0.4, -0.2) is 18.4 Å². The molecule has 0 fully saturated rings. The zero-order valence-electron chi connectivity index (χ0n) is 12.7. The van der Waals surface area contributed by atoms with Gasteiger partial charge in [0.2, 0.25) is 0 Å². The molecule has 2 nitrogen and oxygen atoms in total. The lowest BCUT2D eigenvalue weighted by Gasteiger charge is -2.25. The highest BCUT2D eigenvalue weighted by atomic mass is 15.1. The third-order valence-electron chi connectivity index (χ3n) is 4.46. The van der Waals surface area contributed by atoms with Crippen molar-refractivity contribution < 1.29 is 0 Å². The second kappa shape index (κ2) is 6.23. The maximum Gasteiger partial charge on any atom is 0.0890 e. The van der Waals surface area contributed by atoms with Crippen LogP contribution < -0.4 is 5.32 Å². The SMILES string of the molecule is CC(C1=NCN[C@@H]1C(C)c1ccccc1)c1ccccc1. The fourth-order valence-corrected chi connectivity index (χ4v) is 3.14. The fraction of sp³-hybridized carbons (Fsp3) is 0.316. The van der Waals surface area contributed by atoms with Gasteiger partial charge < -0.3 is 0 Å². The Bertz CT molecular complexity index is 604. The van der Waals surface area contributed by atoms with E-state index in [-0.39, 0.29) is 0 Å². The van der Waals surface area contributed by atoms with Crippen molar-refractivity contribution in [2.75, 3.05) is 6.67 Å². The first-order valence-electron chi connectivity index (χ1n) is 7.65. The average Bonchev–Trinajstić information content (AvgIpc) is 3.04. The van der Waals surface area contributed by atoms with Crippen LogP contribution in [0.1, 0.15) is 36.8 Å². The van der Waals surface area contributed by atoms with Crippen LogP contribution in [0.25, 0.3) is 0 Å². The summed E-state index contributed by atoms with van der Waals surface area (Å²) in [6.07, 6.45) is 0. The van der Waals surface area contributed by atoms with Crippen LogP contribution in [0, 0.1) is 0 Å². The molecule has 1 heterocycles. The Morgan fingerprint density at radius 1 is 0.905 bits per heavy atom. The topological polar surface area (TPSA) is 24.4 Å². The molecule has 108 valence electrons. The normalized spacial score (nSPS) is 20.9. The largest absolute Gasteiger partial charge is 0.290 e. The monoisotopic (exact) mass is 278 g/mol. The van der Waals surface area contributed by atoms with Gasteiger partial charge in [-0.05, 0) is 11.1 Å². The van der Waals surface area contributed by atoms with Gasteiger partial charge in [0.1, 0.15) is 0 Å². The lowest BCUT2D eigenvalue weighted by atomic mass is 9.84. The van der Waals surface area contributed by atoms with Crippen LogP contribution in [0.4, 0.5) is 0 Å². The Kier molecular flexibility index (Phi) is 4.16. The first-order chi connectivity index (χ1) is 10.3. The Hall–Kier alpha value is -1.93. The van der Waals surface area contributed by atoms with Crippen LogP contribution in [0.5, 0.6) is 0 Å². The van der Waals surface area contributed by atoms with E-state index in [1.54, 1.807) is 0 Å². The highest BCUT2D eigenvalue weighted by Gasteiger charge is 2.30. The molecule has 0 bridgehead atoms. The first kappa shape index (κ1) is 14.0. The summed E-state index contributed by atoms with van der Waals surface area (Å²) in [5, 5.41) is 3.55. The standard InChI is InChI=1S/C19H22N2/c1-14(16-9-5-3-6-10-16)18-19(21-13-20-18)15(2)17-11-7-4-8-12-17/h3-12,14-15,18,20H,13H2,1-2H3/t14?,15?,18-/m1/s1. The van der Waals surface area contributed by atoms with Crippen molar-refractivity contribution >= 4 is 5.71 Å². The smallest absolute Gasteiger partial charge is 0.0890 e. The quantitative estimate of drug-likeness (QED) is 0.899. The predicted molar refractivity (Wildman–Crippen MR) is 88.9 cm³/mol. The highest BCUT2D eigenvalue weighted by Crippen LogP contribution is 2.28. The molecule has 1 N–H and O–H groups in total. The molecule has 3 rings (SSSR count). The lowest BCUT2D eigenvalue weighted by Crippen LogP contribution is -2.37. The second-order valence-electron chi connectivity index (χ2n) is 5.75. The van der Waals surface area contributed by atoms with Gasteiger partial charge in [0.05, 0.1) is 12.7 Å². The van der Waals surface area contributed by atoms with Crippen molar-refractivity contribution in [2.24, 2.45) is 4.99 Å². The van der Waals surface area contributed by atoms with E-state index in [0.717, 1.165) is 6.67 Å². The third-order valence-corrected chi connectivity index (χ3v) is 4.46. The summed E-state index contributed by atoms with van der Waals surface area (Å²) in [7, 11) is 0. The van der Waals surface area contributed by atoms with Crippen LogP contribution in [-0.2, 0) is 0 Å². The van der Waals surface area contributed by atoms with E-state index in [0.29, 0.717) is 17.9 Å². The minimum atomic E-state index is 0.322. The summed E-state index contributed by atoms with van der Waals surface area (Å²) >= 11 is 0. The van der Waals surface area contributed by atoms with Gasteiger partial charge in [-0.2, -0.15) is 0 Å². The molecule has 1 aliphatic rings. The first-order valence-corrected chi connectivity index (χ1v) is 7.65. The van der Waals surface area contributed by atoms with Crippen LogP contribution in [0.15, 0.2) is 65.7 Å². The van der Waals surface area contributed by atoms with E-state index < -0.39 is 0 Å². The number of nitrogens with zero attached hydrogens (tertiary/aromatic N) is 1. The van der Waals surface area contributed by atoms with Gasteiger partial charge in [0.25, 0.3) is 0 Å². The Morgan fingerprint density at radius 2 is 1.48 bits per heavy atom. The van der Waals surface area contributed by atoms with Crippen molar-refractivity contribution in [1.82, 2.24) is 5.32 Å². The molecule has 0 saturated heterocycles. The van der Waals surface area contributed by atoms with Gasteiger partial charge in [-0.15, -0.1) is 0 Å². The maximum atomic E-state index is 4.75. The van der Waals surface area contributed by atoms with Gasteiger partial charge in [-0.25, -0.2) is 0 Å². The van der Waals surface area contributed by atoms with Crippen molar-refractivity contribution in [3.05, 3.63) is 71.8 Å². The molecule has 0 aliphatic carbocycles. The maximum absolute atomic E-state index is 4.75. The summed E-state index contributed by atoms with van der Waals surface area (Å²) in [6, 6.07) is 21.7. The van der Waals surface area contributed by atoms with E-state index in [4.69, 9.17) is 4.99 Å². The molecule has 2 unspecified atom stereocenters. The number of rotatable bonds is 4.